The molecule has 3 atom stereocenters. The van der Waals surface area contributed by atoms with Gasteiger partial charge in [-0.2, -0.15) is 0 Å². The van der Waals surface area contributed by atoms with Crippen LogP contribution in [0.25, 0.3) is 0 Å². The van der Waals surface area contributed by atoms with Crippen LogP contribution in [0.15, 0.2) is 53.4 Å². The van der Waals surface area contributed by atoms with Crippen molar-refractivity contribution in [3.8, 4) is 5.75 Å². The Kier molecular flexibility index (Phi) is 7.19. The van der Waals surface area contributed by atoms with Crippen molar-refractivity contribution >= 4 is 21.6 Å². The van der Waals surface area contributed by atoms with Crippen molar-refractivity contribution in [2.24, 2.45) is 5.92 Å². The van der Waals surface area contributed by atoms with Crippen LogP contribution in [-0.4, -0.2) is 63.2 Å². The van der Waals surface area contributed by atoms with Crippen LogP contribution in [0.5, 0.6) is 5.75 Å². The molecule has 3 rings (SSSR count). The number of nitrogens with zero attached hydrogens (tertiary/aromatic N) is 1. The lowest BCUT2D eigenvalue weighted by Gasteiger charge is -2.37. The van der Waals surface area contributed by atoms with Crippen LogP contribution in [-0.2, 0) is 10.0 Å². The quantitative estimate of drug-likeness (QED) is 0.599. The summed E-state index contributed by atoms with van der Waals surface area (Å²) in [4.78, 5) is 15.1. The third-order valence-corrected chi connectivity index (χ3v) is 6.78. The third kappa shape index (κ3) is 5.00. The molecule has 2 aromatic rings. The van der Waals surface area contributed by atoms with E-state index in [4.69, 9.17) is 4.74 Å². The van der Waals surface area contributed by atoms with E-state index in [1.54, 1.807) is 55.3 Å². The van der Waals surface area contributed by atoms with Crippen molar-refractivity contribution < 1.29 is 23.1 Å². The number of para-hydroxylation sites is 1. The number of benzene rings is 2. The Morgan fingerprint density at radius 1 is 1.19 bits per heavy atom. The molecule has 0 fully saturated rings. The van der Waals surface area contributed by atoms with Gasteiger partial charge in [0.15, 0.2) is 5.75 Å². The molecule has 1 heterocycles. The standard InChI is InChI=1S/C22H29N3O5S/c1-15-13-25(16(2)14-26)22(27)18-10-7-11-19(21(18)30-20(15)12-23-3)24-31(28,29)17-8-5-4-6-9-17/h4-11,15-16,20,23-24,26H,12-14H2,1-3H3/t15-,16+,20+/m0/s1. The van der Waals surface area contributed by atoms with Gasteiger partial charge in [0.1, 0.15) is 6.10 Å². The molecular formula is C22H29N3O5S. The number of fused-ring (bicyclic) bond motifs is 1. The first-order chi connectivity index (χ1) is 14.8. The van der Waals surface area contributed by atoms with Crippen LogP contribution < -0.4 is 14.8 Å². The monoisotopic (exact) mass is 447 g/mol. The number of amides is 1. The molecule has 0 saturated carbocycles. The molecule has 0 aromatic heterocycles. The van der Waals surface area contributed by atoms with Gasteiger partial charge < -0.3 is 20.1 Å². The second-order valence-electron chi connectivity index (χ2n) is 7.78. The van der Waals surface area contributed by atoms with Crippen LogP contribution in [0.3, 0.4) is 0 Å². The zero-order chi connectivity index (χ0) is 22.6. The van der Waals surface area contributed by atoms with E-state index in [-0.39, 0.29) is 52.5 Å². The number of carbonyl (C=O) groups excluding carboxylic acids is 1. The minimum absolute atomic E-state index is 0.0580. The second kappa shape index (κ2) is 9.67. The molecule has 0 bridgehead atoms. The van der Waals surface area contributed by atoms with Crippen LogP contribution >= 0.6 is 0 Å². The van der Waals surface area contributed by atoms with Crippen molar-refractivity contribution in [3.63, 3.8) is 0 Å². The molecule has 8 nitrogen and oxygen atoms in total. The normalized spacial score (nSPS) is 20.3. The number of likely N-dealkylation sites (N-methyl/N-ethyl adjacent to an activating group) is 1. The van der Waals surface area contributed by atoms with Crippen molar-refractivity contribution in [1.29, 1.82) is 0 Å². The van der Waals surface area contributed by atoms with Crippen molar-refractivity contribution in [3.05, 3.63) is 54.1 Å². The van der Waals surface area contributed by atoms with Gasteiger partial charge in [0.05, 0.1) is 28.8 Å². The van der Waals surface area contributed by atoms with E-state index in [1.165, 1.54) is 12.1 Å². The van der Waals surface area contributed by atoms with Gasteiger partial charge in [-0.15, -0.1) is 0 Å². The summed E-state index contributed by atoms with van der Waals surface area (Å²) in [6.45, 7) is 4.49. The minimum atomic E-state index is -3.87. The number of anilines is 1. The third-order valence-electron chi connectivity index (χ3n) is 5.39. The smallest absolute Gasteiger partial charge is 0.262 e. The number of aliphatic hydroxyl groups excluding tert-OH is 1. The topological polar surface area (TPSA) is 108 Å². The van der Waals surface area contributed by atoms with E-state index in [1.807, 2.05) is 6.92 Å². The maximum atomic E-state index is 13.3. The first kappa shape index (κ1) is 23.1. The van der Waals surface area contributed by atoms with E-state index < -0.39 is 10.0 Å². The molecule has 1 aliphatic heterocycles. The number of hydrogen-bond acceptors (Lipinski definition) is 6. The van der Waals surface area contributed by atoms with E-state index in [0.29, 0.717) is 13.1 Å². The fraction of sp³-hybridized carbons (Fsp3) is 0.409. The summed E-state index contributed by atoms with van der Waals surface area (Å²) >= 11 is 0. The summed E-state index contributed by atoms with van der Waals surface area (Å²) in [7, 11) is -2.07. The summed E-state index contributed by atoms with van der Waals surface area (Å²) in [6.07, 6.45) is -0.312. The molecule has 2 aromatic carbocycles. The number of ether oxygens (including phenoxy) is 1. The largest absolute Gasteiger partial charge is 0.486 e. The molecular weight excluding hydrogens is 418 g/mol. The molecule has 0 radical (unpaired) electrons. The van der Waals surface area contributed by atoms with E-state index >= 15 is 0 Å². The average Bonchev–Trinajstić information content (AvgIpc) is 2.76. The van der Waals surface area contributed by atoms with E-state index in [9.17, 15) is 18.3 Å². The molecule has 0 spiro atoms. The molecule has 0 saturated heterocycles. The highest BCUT2D eigenvalue weighted by Gasteiger charge is 2.34. The predicted octanol–water partition coefficient (Wildman–Crippen LogP) is 1.93. The summed E-state index contributed by atoms with van der Waals surface area (Å²) in [6, 6.07) is 12.4. The number of aliphatic hydroxyl groups is 1. The first-order valence-corrected chi connectivity index (χ1v) is 11.7. The maximum Gasteiger partial charge on any atom is 0.262 e. The maximum absolute atomic E-state index is 13.3. The number of nitrogens with one attached hydrogen (secondary N) is 2. The fourth-order valence-electron chi connectivity index (χ4n) is 3.57. The molecule has 1 amide bonds. The van der Waals surface area contributed by atoms with Crippen LogP contribution in [0, 0.1) is 5.92 Å². The Balaban J connectivity index is 2.09. The van der Waals surface area contributed by atoms with Gasteiger partial charge in [-0.3, -0.25) is 9.52 Å². The number of rotatable bonds is 7. The zero-order valence-corrected chi connectivity index (χ0v) is 18.7. The molecule has 168 valence electrons. The minimum Gasteiger partial charge on any atom is -0.486 e. The Labute approximate surface area is 183 Å². The average molecular weight is 448 g/mol. The predicted molar refractivity (Wildman–Crippen MR) is 119 cm³/mol. The Morgan fingerprint density at radius 3 is 2.55 bits per heavy atom. The number of sulfonamides is 1. The van der Waals surface area contributed by atoms with Gasteiger partial charge in [0.25, 0.3) is 15.9 Å². The molecule has 3 N–H and O–H groups in total. The zero-order valence-electron chi connectivity index (χ0n) is 17.9. The summed E-state index contributed by atoms with van der Waals surface area (Å²) in [5, 5.41) is 12.8. The highest BCUT2D eigenvalue weighted by atomic mass is 32.2. The van der Waals surface area contributed by atoms with E-state index in [0.717, 1.165) is 0 Å². The van der Waals surface area contributed by atoms with Crippen molar-refractivity contribution in [1.82, 2.24) is 10.2 Å². The molecule has 0 aliphatic carbocycles. The summed E-state index contributed by atoms with van der Waals surface area (Å²) < 4.78 is 34.6. The van der Waals surface area contributed by atoms with Gasteiger partial charge in [-0.25, -0.2) is 8.42 Å². The number of carbonyl (C=O) groups is 1. The molecule has 1 aliphatic rings. The van der Waals surface area contributed by atoms with Crippen LogP contribution in [0.1, 0.15) is 24.2 Å². The lowest BCUT2D eigenvalue weighted by Crippen LogP contribution is -2.49. The number of hydrogen-bond donors (Lipinski definition) is 3. The van der Waals surface area contributed by atoms with Crippen molar-refractivity contribution in [2.45, 2.75) is 30.9 Å². The van der Waals surface area contributed by atoms with Gasteiger partial charge in [0, 0.05) is 19.0 Å². The SMILES string of the molecule is CNC[C@H]1Oc2c(NS(=O)(=O)c3ccccc3)cccc2C(=O)N([C@H](C)CO)C[C@@H]1C. The Bertz CT molecular complexity index is 1010. The fourth-order valence-corrected chi connectivity index (χ4v) is 4.66. The van der Waals surface area contributed by atoms with Crippen LogP contribution in [0.4, 0.5) is 5.69 Å². The van der Waals surface area contributed by atoms with Gasteiger partial charge in [-0.1, -0.05) is 31.2 Å². The second-order valence-corrected chi connectivity index (χ2v) is 9.46. The van der Waals surface area contributed by atoms with Crippen molar-refractivity contribution in [2.75, 3.05) is 31.5 Å². The summed E-state index contributed by atoms with van der Waals surface area (Å²) in [5.41, 5.74) is 0.447. The van der Waals surface area contributed by atoms with Crippen LogP contribution in [0.2, 0.25) is 0 Å². The first-order valence-electron chi connectivity index (χ1n) is 10.2. The lowest BCUT2D eigenvalue weighted by atomic mass is 9.99. The lowest BCUT2D eigenvalue weighted by molar-refractivity contribution is 0.0417. The summed E-state index contributed by atoms with van der Waals surface area (Å²) in [5.74, 6) is -0.182. The Morgan fingerprint density at radius 2 is 1.90 bits per heavy atom. The van der Waals surface area contributed by atoms with Gasteiger partial charge in [0.2, 0.25) is 0 Å². The molecule has 9 heteroatoms. The highest BCUT2D eigenvalue weighted by molar-refractivity contribution is 7.92. The van der Waals surface area contributed by atoms with Gasteiger partial charge in [-0.05, 0) is 38.2 Å². The Hall–Kier alpha value is -2.62. The highest BCUT2D eigenvalue weighted by Crippen LogP contribution is 2.35. The molecule has 31 heavy (non-hydrogen) atoms. The van der Waals surface area contributed by atoms with E-state index in [2.05, 4.69) is 10.0 Å². The molecule has 0 unspecified atom stereocenters. The van der Waals surface area contributed by atoms with Gasteiger partial charge >= 0.3 is 0 Å².